The zero-order valence-electron chi connectivity index (χ0n) is 9.36. The first kappa shape index (κ1) is 12.9. The second-order valence-electron chi connectivity index (χ2n) is 3.45. The number of aliphatic hydroxyl groups excluding tert-OH is 2. The van der Waals surface area contributed by atoms with Crippen LogP contribution in [0.25, 0.3) is 0 Å². The SMILES string of the molecule is CCN(CCCO)c1ncc(F)cc1CO. The summed E-state index contributed by atoms with van der Waals surface area (Å²) in [6, 6.07) is 1.28. The molecule has 5 heteroatoms. The second-order valence-corrected chi connectivity index (χ2v) is 3.45. The highest BCUT2D eigenvalue weighted by Gasteiger charge is 2.11. The summed E-state index contributed by atoms with van der Waals surface area (Å²) in [4.78, 5) is 5.89. The van der Waals surface area contributed by atoms with Crippen LogP contribution in [0, 0.1) is 5.82 Å². The average Bonchev–Trinajstić information content (AvgIpc) is 2.31. The molecule has 0 fully saturated rings. The molecule has 0 bridgehead atoms. The molecule has 16 heavy (non-hydrogen) atoms. The van der Waals surface area contributed by atoms with Gasteiger partial charge < -0.3 is 15.1 Å². The van der Waals surface area contributed by atoms with Crippen LogP contribution >= 0.6 is 0 Å². The first-order valence-corrected chi connectivity index (χ1v) is 5.34. The van der Waals surface area contributed by atoms with Crippen LogP contribution in [0.15, 0.2) is 12.3 Å². The van der Waals surface area contributed by atoms with Crippen LogP contribution in [-0.4, -0.2) is 34.9 Å². The van der Waals surface area contributed by atoms with Crippen LogP contribution in [0.4, 0.5) is 10.2 Å². The number of anilines is 1. The summed E-state index contributed by atoms with van der Waals surface area (Å²) >= 11 is 0. The lowest BCUT2D eigenvalue weighted by atomic mass is 10.2. The Labute approximate surface area is 94.4 Å². The number of rotatable bonds is 6. The number of pyridine rings is 1. The van der Waals surface area contributed by atoms with Crippen molar-refractivity contribution in [2.75, 3.05) is 24.6 Å². The van der Waals surface area contributed by atoms with Gasteiger partial charge in [0, 0.05) is 25.3 Å². The van der Waals surface area contributed by atoms with E-state index < -0.39 is 5.82 Å². The molecule has 1 aromatic rings. The topological polar surface area (TPSA) is 56.6 Å². The molecule has 2 N–H and O–H groups in total. The normalized spacial score (nSPS) is 10.5. The molecule has 4 nitrogen and oxygen atoms in total. The molecule has 90 valence electrons. The molecule has 0 spiro atoms. The standard InChI is InChI=1S/C11H17FN2O2/c1-2-14(4-3-5-15)11-9(8-16)6-10(12)7-13-11/h6-7,15-16H,2-5,8H2,1H3. The van der Waals surface area contributed by atoms with Crippen molar-refractivity contribution < 1.29 is 14.6 Å². The maximum Gasteiger partial charge on any atom is 0.142 e. The van der Waals surface area contributed by atoms with Gasteiger partial charge in [0.05, 0.1) is 12.8 Å². The van der Waals surface area contributed by atoms with Crippen molar-refractivity contribution in [1.82, 2.24) is 4.98 Å². The Morgan fingerprint density at radius 2 is 2.19 bits per heavy atom. The van der Waals surface area contributed by atoms with Gasteiger partial charge in [0.2, 0.25) is 0 Å². The van der Waals surface area contributed by atoms with E-state index in [1.807, 2.05) is 11.8 Å². The second kappa shape index (κ2) is 6.40. The molecule has 0 aliphatic carbocycles. The van der Waals surface area contributed by atoms with Gasteiger partial charge in [-0.05, 0) is 19.4 Å². The summed E-state index contributed by atoms with van der Waals surface area (Å²) in [5.74, 6) is 0.130. The first-order valence-electron chi connectivity index (χ1n) is 5.34. The van der Waals surface area contributed by atoms with E-state index in [0.717, 1.165) is 6.20 Å². The molecular formula is C11H17FN2O2. The van der Waals surface area contributed by atoms with Gasteiger partial charge in [-0.15, -0.1) is 0 Å². The molecule has 1 heterocycles. The molecule has 0 radical (unpaired) electrons. The predicted octanol–water partition coefficient (Wildman–Crippen LogP) is 0.922. The fraction of sp³-hybridized carbons (Fsp3) is 0.545. The summed E-state index contributed by atoms with van der Waals surface area (Å²) in [6.07, 6.45) is 1.76. The number of aliphatic hydroxyl groups is 2. The minimum Gasteiger partial charge on any atom is -0.396 e. The zero-order chi connectivity index (χ0) is 12.0. The van der Waals surface area contributed by atoms with Crippen LogP contribution in [0.2, 0.25) is 0 Å². The van der Waals surface area contributed by atoms with Crippen LogP contribution < -0.4 is 4.90 Å². The van der Waals surface area contributed by atoms with Gasteiger partial charge in [0.25, 0.3) is 0 Å². The molecule has 0 saturated heterocycles. The lowest BCUT2D eigenvalue weighted by Crippen LogP contribution is -2.27. The van der Waals surface area contributed by atoms with Gasteiger partial charge in [0.15, 0.2) is 0 Å². The Morgan fingerprint density at radius 1 is 1.44 bits per heavy atom. The van der Waals surface area contributed by atoms with Gasteiger partial charge in [-0.2, -0.15) is 0 Å². The Bertz CT molecular complexity index is 334. The monoisotopic (exact) mass is 228 g/mol. The maximum absolute atomic E-state index is 12.9. The summed E-state index contributed by atoms with van der Waals surface area (Å²) in [6.45, 7) is 3.15. The Balaban J connectivity index is 2.90. The largest absolute Gasteiger partial charge is 0.396 e. The van der Waals surface area contributed by atoms with Crippen molar-refractivity contribution in [1.29, 1.82) is 0 Å². The number of aromatic nitrogens is 1. The fourth-order valence-electron chi connectivity index (χ4n) is 1.55. The van der Waals surface area contributed by atoms with E-state index in [-0.39, 0.29) is 13.2 Å². The van der Waals surface area contributed by atoms with Crippen molar-refractivity contribution in [2.45, 2.75) is 20.0 Å². The molecule has 0 atom stereocenters. The Hall–Kier alpha value is -1.20. The van der Waals surface area contributed by atoms with Crippen LogP contribution in [-0.2, 0) is 6.61 Å². The van der Waals surface area contributed by atoms with Gasteiger partial charge in [-0.25, -0.2) is 9.37 Å². The fourth-order valence-corrected chi connectivity index (χ4v) is 1.55. The van der Waals surface area contributed by atoms with Crippen LogP contribution in [0.3, 0.4) is 0 Å². The number of nitrogens with zero attached hydrogens (tertiary/aromatic N) is 2. The van der Waals surface area contributed by atoms with E-state index in [1.54, 1.807) is 0 Å². The third-order valence-corrected chi connectivity index (χ3v) is 2.35. The summed E-state index contributed by atoms with van der Waals surface area (Å²) in [5.41, 5.74) is 0.472. The van der Waals surface area contributed by atoms with Crippen molar-refractivity contribution in [2.24, 2.45) is 0 Å². The first-order chi connectivity index (χ1) is 7.72. The van der Waals surface area contributed by atoms with E-state index in [2.05, 4.69) is 4.98 Å². The molecule has 0 unspecified atom stereocenters. The smallest absolute Gasteiger partial charge is 0.142 e. The lowest BCUT2D eigenvalue weighted by Gasteiger charge is -2.23. The minimum atomic E-state index is -0.453. The summed E-state index contributed by atoms with van der Waals surface area (Å²) in [5, 5.41) is 17.9. The maximum atomic E-state index is 12.9. The van der Waals surface area contributed by atoms with Crippen molar-refractivity contribution in [3.63, 3.8) is 0 Å². The van der Waals surface area contributed by atoms with Crippen molar-refractivity contribution in [3.8, 4) is 0 Å². The Morgan fingerprint density at radius 3 is 2.75 bits per heavy atom. The third-order valence-electron chi connectivity index (χ3n) is 2.35. The molecular weight excluding hydrogens is 211 g/mol. The predicted molar refractivity (Wildman–Crippen MR) is 59.7 cm³/mol. The quantitative estimate of drug-likeness (QED) is 0.760. The highest BCUT2D eigenvalue weighted by molar-refractivity contribution is 5.46. The average molecular weight is 228 g/mol. The lowest BCUT2D eigenvalue weighted by molar-refractivity contribution is 0.280. The van der Waals surface area contributed by atoms with Crippen molar-refractivity contribution >= 4 is 5.82 Å². The molecule has 1 aromatic heterocycles. The number of halogens is 1. The zero-order valence-corrected chi connectivity index (χ0v) is 9.36. The molecule has 0 aromatic carbocycles. The molecule has 0 amide bonds. The van der Waals surface area contributed by atoms with E-state index in [4.69, 9.17) is 10.2 Å². The molecule has 1 rings (SSSR count). The van der Waals surface area contributed by atoms with Gasteiger partial charge in [0.1, 0.15) is 11.6 Å². The highest BCUT2D eigenvalue weighted by Crippen LogP contribution is 2.18. The van der Waals surface area contributed by atoms with Gasteiger partial charge in [-0.3, -0.25) is 0 Å². The van der Waals surface area contributed by atoms with Crippen LogP contribution in [0.1, 0.15) is 18.9 Å². The van der Waals surface area contributed by atoms with E-state index in [0.29, 0.717) is 30.9 Å². The molecule has 0 aliphatic heterocycles. The molecule has 0 aliphatic rings. The third kappa shape index (κ3) is 3.15. The number of hydrogen-bond acceptors (Lipinski definition) is 4. The van der Waals surface area contributed by atoms with Crippen molar-refractivity contribution in [3.05, 3.63) is 23.6 Å². The van der Waals surface area contributed by atoms with E-state index in [1.165, 1.54) is 6.07 Å². The number of hydrogen-bond donors (Lipinski definition) is 2. The Kier molecular flexibility index (Phi) is 5.14. The summed E-state index contributed by atoms with van der Waals surface area (Å²) in [7, 11) is 0. The van der Waals surface area contributed by atoms with E-state index >= 15 is 0 Å². The van der Waals surface area contributed by atoms with E-state index in [9.17, 15) is 4.39 Å². The van der Waals surface area contributed by atoms with Gasteiger partial charge in [-0.1, -0.05) is 0 Å². The van der Waals surface area contributed by atoms with Crippen LogP contribution in [0.5, 0.6) is 0 Å². The minimum absolute atomic E-state index is 0.103. The summed E-state index contributed by atoms with van der Waals surface area (Å²) < 4.78 is 12.9. The highest BCUT2D eigenvalue weighted by atomic mass is 19.1. The molecule has 0 saturated carbocycles. The van der Waals surface area contributed by atoms with Gasteiger partial charge >= 0.3 is 0 Å².